The summed E-state index contributed by atoms with van der Waals surface area (Å²) in [4.78, 5) is 15.0. The average Bonchev–Trinajstić information content (AvgIpc) is 3.03. The van der Waals surface area contributed by atoms with Gasteiger partial charge in [-0.3, -0.25) is 4.79 Å². The molecule has 0 aromatic carbocycles. The van der Waals surface area contributed by atoms with Gasteiger partial charge in [0.2, 0.25) is 5.91 Å². The van der Waals surface area contributed by atoms with Crippen molar-refractivity contribution in [2.24, 2.45) is 35.3 Å². The largest absolute Gasteiger partial charge is 0.356 e. The third kappa shape index (κ3) is 5.00. The zero-order valence-corrected chi connectivity index (χ0v) is 16.7. The predicted molar refractivity (Wildman–Crippen MR) is 104 cm³/mol. The molecule has 1 aliphatic heterocycles. The van der Waals surface area contributed by atoms with E-state index in [2.05, 4.69) is 24.1 Å². The van der Waals surface area contributed by atoms with Gasteiger partial charge >= 0.3 is 0 Å². The summed E-state index contributed by atoms with van der Waals surface area (Å²) < 4.78 is 0. The topological polar surface area (TPSA) is 58.4 Å². The highest BCUT2D eigenvalue weighted by atomic mass is 35.5. The lowest BCUT2D eigenvalue weighted by Crippen LogP contribution is -2.46. The van der Waals surface area contributed by atoms with Gasteiger partial charge in [0, 0.05) is 25.7 Å². The Balaban J connectivity index is 0.00000144. The first-order valence-electron chi connectivity index (χ1n) is 9.30. The van der Waals surface area contributed by atoms with Gasteiger partial charge in [-0.2, -0.15) is 0 Å². The second-order valence-electron chi connectivity index (χ2n) is 8.29. The van der Waals surface area contributed by atoms with Crippen molar-refractivity contribution in [2.75, 3.05) is 26.2 Å². The van der Waals surface area contributed by atoms with Crippen LogP contribution in [-0.4, -0.2) is 43.0 Å². The fraction of sp³-hybridized carbons (Fsp3) is 0.944. The number of rotatable bonds is 5. The van der Waals surface area contributed by atoms with E-state index in [1.54, 1.807) is 0 Å². The summed E-state index contributed by atoms with van der Waals surface area (Å²) in [7, 11) is 0. The van der Waals surface area contributed by atoms with Crippen LogP contribution in [0.1, 0.15) is 46.0 Å². The molecule has 6 unspecified atom stereocenters. The summed E-state index contributed by atoms with van der Waals surface area (Å²) in [5, 5.41) is 3.16. The highest BCUT2D eigenvalue weighted by molar-refractivity contribution is 5.85. The minimum absolute atomic E-state index is 0. The number of nitrogens with zero attached hydrogens (tertiary/aromatic N) is 1. The van der Waals surface area contributed by atoms with Crippen molar-refractivity contribution in [1.29, 1.82) is 0 Å². The molecule has 142 valence electrons. The lowest BCUT2D eigenvalue weighted by molar-refractivity contribution is -0.127. The molecule has 3 rings (SSSR count). The molecule has 2 saturated carbocycles. The second kappa shape index (κ2) is 9.61. The van der Waals surface area contributed by atoms with Gasteiger partial charge in [-0.1, -0.05) is 13.8 Å². The van der Waals surface area contributed by atoms with Crippen LogP contribution in [0.4, 0.5) is 0 Å². The third-order valence-electron chi connectivity index (χ3n) is 6.18. The molecular formula is C18H35Cl2N3O. The second-order valence-corrected chi connectivity index (χ2v) is 8.29. The van der Waals surface area contributed by atoms with E-state index in [-0.39, 0.29) is 42.7 Å². The van der Waals surface area contributed by atoms with Gasteiger partial charge in [-0.25, -0.2) is 0 Å². The number of likely N-dealkylation sites (tertiary alicyclic amines) is 1. The molecular weight excluding hydrogens is 345 g/mol. The number of hydrogen-bond acceptors (Lipinski definition) is 3. The van der Waals surface area contributed by atoms with Crippen molar-refractivity contribution in [3.63, 3.8) is 0 Å². The molecule has 3 aliphatic rings. The van der Waals surface area contributed by atoms with Crippen LogP contribution in [0.5, 0.6) is 0 Å². The Labute approximate surface area is 159 Å². The van der Waals surface area contributed by atoms with Gasteiger partial charge in [0.25, 0.3) is 0 Å². The Kier molecular flexibility index (Phi) is 8.81. The summed E-state index contributed by atoms with van der Waals surface area (Å²) in [6.45, 7) is 9.05. The molecule has 0 aromatic rings. The molecule has 0 spiro atoms. The number of nitrogens with one attached hydrogen (secondary N) is 1. The van der Waals surface area contributed by atoms with Gasteiger partial charge < -0.3 is 16.0 Å². The number of fused-ring (bicyclic) bond motifs is 2. The number of amides is 1. The van der Waals surface area contributed by atoms with Crippen LogP contribution in [0.3, 0.4) is 0 Å². The SMILES string of the molecule is CC1CC(C)CN(CCCNC(=O)C2C3CCC(C3)C2N)C1.Cl.Cl. The smallest absolute Gasteiger partial charge is 0.224 e. The number of halogens is 2. The Bertz CT molecular complexity index is 398. The van der Waals surface area contributed by atoms with E-state index >= 15 is 0 Å². The summed E-state index contributed by atoms with van der Waals surface area (Å²) in [6, 6.07) is 0.113. The van der Waals surface area contributed by atoms with Crippen molar-refractivity contribution in [3.05, 3.63) is 0 Å². The lowest BCUT2D eigenvalue weighted by atomic mass is 9.84. The van der Waals surface area contributed by atoms with Crippen LogP contribution >= 0.6 is 24.8 Å². The van der Waals surface area contributed by atoms with Crippen LogP contribution in [0.25, 0.3) is 0 Å². The molecule has 1 saturated heterocycles. The van der Waals surface area contributed by atoms with Gasteiger partial charge in [0.15, 0.2) is 0 Å². The highest BCUT2D eigenvalue weighted by Crippen LogP contribution is 2.47. The maximum atomic E-state index is 12.4. The van der Waals surface area contributed by atoms with Gasteiger partial charge in [-0.15, -0.1) is 24.8 Å². The number of nitrogens with two attached hydrogens (primary N) is 1. The van der Waals surface area contributed by atoms with E-state index < -0.39 is 0 Å². The van der Waals surface area contributed by atoms with Crippen LogP contribution in [0.15, 0.2) is 0 Å². The van der Waals surface area contributed by atoms with Crippen LogP contribution in [0, 0.1) is 29.6 Å². The monoisotopic (exact) mass is 379 g/mol. The van der Waals surface area contributed by atoms with Gasteiger partial charge in [-0.05, 0) is 62.3 Å². The molecule has 4 nitrogen and oxygen atoms in total. The highest BCUT2D eigenvalue weighted by Gasteiger charge is 2.48. The van der Waals surface area contributed by atoms with Crippen LogP contribution in [-0.2, 0) is 4.79 Å². The molecule has 0 radical (unpaired) electrons. The van der Waals surface area contributed by atoms with E-state index in [0.717, 1.165) is 31.3 Å². The van der Waals surface area contributed by atoms with E-state index in [1.165, 1.54) is 38.8 Å². The third-order valence-corrected chi connectivity index (χ3v) is 6.18. The molecule has 3 fully saturated rings. The van der Waals surface area contributed by atoms with Crippen LogP contribution in [0.2, 0.25) is 0 Å². The number of carbonyl (C=O) groups excluding carboxylic acids is 1. The summed E-state index contributed by atoms with van der Waals surface area (Å²) in [5.74, 6) is 3.10. The summed E-state index contributed by atoms with van der Waals surface area (Å²) in [5.41, 5.74) is 6.25. The predicted octanol–water partition coefficient (Wildman–Crippen LogP) is 2.69. The van der Waals surface area contributed by atoms with Gasteiger partial charge in [0.05, 0.1) is 5.92 Å². The first kappa shape index (κ1) is 22.0. The molecule has 0 aromatic heterocycles. The van der Waals surface area contributed by atoms with Crippen molar-refractivity contribution >= 4 is 30.7 Å². The van der Waals surface area contributed by atoms with Crippen molar-refractivity contribution in [1.82, 2.24) is 10.2 Å². The minimum atomic E-state index is 0. The molecule has 24 heavy (non-hydrogen) atoms. The van der Waals surface area contributed by atoms with E-state index in [4.69, 9.17) is 5.73 Å². The Morgan fingerprint density at radius 3 is 2.29 bits per heavy atom. The first-order chi connectivity index (χ1) is 10.5. The zero-order valence-electron chi connectivity index (χ0n) is 15.1. The first-order valence-corrected chi connectivity index (χ1v) is 9.30. The zero-order chi connectivity index (χ0) is 15.7. The fourth-order valence-electron chi connectivity index (χ4n) is 5.33. The maximum absolute atomic E-state index is 12.4. The molecule has 3 N–H and O–H groups in total. The number of piperidine rings is 1. The van der Waals surface area contributed by atoms with Crippen LogP contribution < -0.4 is 11.1 Å². The standard InChI is InChI=1S/C18H33N3O.2ClH/c1-12-8-13(2)11-21(10-12)7-3-6-20-18(22)16-14-4-5-15(9-14)17(16)19;;/h12-17H,3-11,19H2,1-2H3,(H,20,22);2*1H. The lowest BCUT2D eigenvalue weighted by Gasteiger charge is -2.35. The Morgan fingerprint density at radius 2 is 1.71 bits per heavy atom. The van der Waals surface area contributed by atoms with Crippen molar-refractivity contribution in [2.45, 2.75) is 52.0 Å². The maximum Gasteiger partial charge on any atom is 0.224 e. The fourth-order valence-corrected chi connectivity index (χ4v) is 5.33. The Hall–Kier alpha value is -0.0300. The van der Waals surface area contributed by atoms with Crippen molar-refractivity contribution < 1.29 is 4.79 Å². The normalized spacial score (nSPS) is 38.3. The molecule has 1 amide bonds. The summed E-state index contributed by atoms with van der Waals surface area (Å²) in [6.07, 6.45) is 6.04. The molecule has 1 heterocycles. The number of hydrogen-bond donors (Lipinski definition) is 2. The molecule has 6 heteroatoms. The number of carbonyl (C=O) groups is 1. The van der Waals surface area contributed by atoms with E-state index in [1.807, 2.05) is 0 Å². The van der Waals surface area contributed by atoms with E-state index in [0.29, 0.717) is 11.8 Å². The minimum Gasteiger partial charge on any atom is -0.356 e. The van der Waals surface area contributed by atoms with Crippen molar-refractivity contribution in [3.8, 4) is 0 Å². The molecule has 2 bridgehead atoms. The van der Waals surface area contributed by atoms with Gasteiger partial charge in [0.1, 0.15) is 0 Å². The molecule has 6 atom stereocenters. The van der Waals surface area contributed by atoms with E-state index in [9.17, 15) is 4.79 Å². The Morgan fingerprint density at radius 1 is 1.08 bits per heavy atom. The quantitative estimate of drug-likeness (QED) is 0.721. The average molecular weight is 380 g/mol. The molecule has 2 aliphatic carbocycles. The summed E-state index contributed by atoms with van der Waals surface area (Å²) >= 11 is 0.